The summed E-state index contributed by atoms with van der Waals surface area (Å²) in [7, 11) is 0. The van der Waals surface area contributed by atoms with Crippen molar-refractivity contribution in [2.75, 3.05) is 0 Å². The normalized spacial score (nSPS) is 11.7. The molecule has 0 aliphatic carbocycles. The number of rotatable bonds is 2. The Bertz CT molecular complexity index is 132. The van der Waals surface area contributed by atoms with Crippen molar-refractivity contribution in [3.63, 3.8) is 0 Å². The Kier molecular flexibility index (Phi) is 3.09. The van der Waals surface area contributed by atoms with Crippen LogP contribution >= 0.6 is 12.2 Å². The number of hydrogen-bond acceptors (Lipinski definition) is 2. The highest BCUT2D eigenvalue weighted by molar-refractivity contribution is 7.80. The van der Waals surface area contributed by atoms with E-state index in [2.05, 4.69) is 26.1 Å². The van der Waals surface area contributed by atoms with Crippen molar-refractivity contribution in [1.82, 2.24) is 0 Å². The summed E-state index contributed by atoms with van der Waals surface area (Å²) in [6.07, 6.45) is 0. The standard InChI is InChI=1S/C7H15NOS/c1-5(2)7(3,4)9-6(8)10/h5H,1-4H3,(H2,8,10). The lowest BCUT2D eigenvalue weighted by molar-refractivity contribution is 0.0492. The molecule has 0 unspecified atom stereocenters. The van der Waals surface area contributed by atoms with Crippen molar-refractivity contribution in [1.29, 1.82) is 0 Å². The third-order valence-corrected chi connectivity index (χ3v) is 1.84. The molecule has 0 aromatic carbocycles. The third-order valence-electron chi connectivity index (χ3n) is 1.75. The highest BCUT2D eigenvalue weighted by atomic mass is 32.1. The van der Waals surface area contributed by atoms with E-state index in [4.69, 9.17) is 10.5 Å². The maximum absolute atomic E-state index is 5.23. The van der Waals surface area contributed by atoms with E-state index in [-0.39, 0.29) is 10.8 Å². The van der Waals surface area contributed by atoms with Crippen LogP contribution in [0.2, 0.25) is 0 Å². The summed E-state index contributed by atoms with van der Waals surface area (Å²) in [5.41, 5.74) is 4.98. The fourth-order valence-corrected chi connectivity index (χ4v) is 0.592. The molecule has 0 aliphatic heterocycles. The van der Waals surface area contributed by atoms with Crippen LogP contribution in [0.3, 0.4) is 0 Å². The summed E-state index contributed by atoms with van der Waals surface area (Å²) in [4.78, 5) is 0. The highest BCUT2D eigenvalue weighted by Crippen LogP contribution is 2.19. The second-order valence-electron chi connectivity index (χ2n) is 3.18. The molecule has 3 heteroatoms. The summed E-state index contributed by atoms with van der Waals surface area (Å²) >= 11 is 4.62. The molecule has 0 saturated heterocycles. The SMILES string of the molecule is CC(C)C(C)(C)OC(N)=S. The molecular formula is C7H15NOS. The second kappa shape index (κ2) is 3.19. The predicted octanol–water partition coefficient (Wildman–Crippen LogP) is 1.68. The van der Waals surface area contributed by atoms with Crippen LogP contribution in [0.1, 0.15) is 27.7 Å². The Labute approximate surface area is 67.7 Å². The quantitative estimate of drug-likeness (QED) is 0.626. The molecule has 0 aliphatic rings. The van der Waals surface area contributed by atoms with Crippen LogP contribution in [0.4, 0.5) is 0 Å². The van der Waals surface area contributed by atoms with Gasteiger partial charge in [0.05, 0.1) is 0 Å². The fourth-order valence-electron chi connectivity index (χ4n) is 0.377. The fraction of sp³-hybridized carbons (Fsp3) is 0.857. The molecule has 0 saturated carbocycles. The van der Waals surface area contributed by atoms with Crippen molar-refractivity contribution >= 4 is 17.4 Å². The third kappa shape index (κ3) is 3.01. The molecule has 0 bridgehead atoms. The van der Waals surface area contributed by atoms with Gasteiger partial charge in [-0.15, -0.1) is 0 Å². The molecular weight excluding hydrogens is 146 g/mol. The van der Waals surface area contributed by atoms with E-state index in [1.54, 1.807) is 0 Å². The van der Waals surface area contributed by atoms with Crippen molar-refractivity contribution in [2.24, 2.45) is 11.7 Å². The zero-order valence-electron chi connectivity index (χ0n) is 6.97. The molecule has 2 N–H and O–H groups in total. The van der Waals surface area contributed by atoms with Crippen LogP contribution in [0, 0.1) is 5.92 Å². The minimum absolute atomic E-state index is 0.124. The maximum atomic E-state index is 5.23. The van der Waals surface area contributed by atoms with E-state index in [0.29, 0.717) is 5.92 Å². The molecule has 0 atom stereocenters. The van der Waals surface area contributed by atoms with Gasteiger partial charge < -0.3 is 10.5 Å². The lowest BCUT2D eigenvalue weighted by atomic mass is 9.95. The zero-order chi connectivity index (χ0) is 8.36. The van der Waals surface area contributed by atoms with Crippen molar-refractivity contribution in [2.45, 2.75) is 33.3 Å². The Morgan fingerprint density at radius 1 is 1.50 bits per heavy atom. The summed E-state index contributed by atoms with van der Waals surface area (Å²) < 4.78 is 5.21. The zero-order valence-corrected chi connectivity index (χ0v) is 7.79. The van der Waals surface area contributed by atoms with Crippen LogP contribution in [0.25, 0.3) is 0 Å². The Balaban J connectivity index is 3.99. The van der Waals surface area contributed by atoms with Gasteiger partial charge in [0.25, 0.3) is 5.17 Å². The van der Waals surface area contributed by atoms with Crippen LogP contribution < -0.4 is 5.73 Å². The first kappa shape index (κ1) is 9.69. The van der Waals surface area contributed by atoms with E-state index < -0.39 is 0 Å². The van der Waals surface area contributed by atoms with Gasteiger partial charge in [-0.2, -0.15) is 0 Å². The molecule has 0 radical (unpaired) electrons. The monoisotopic (exact) mass is 161 g/mol. The average Bonchev–Trinajstić information content (AvgIpc) is 1.60. The first-order valence-corrected chi connectivity index (χ1v) is 3.75. The number of thiocarbonyl (C=S) groups is 1. The maximum Gasteiger partial charge on any atom is 0.254 e. The van der Waals surface area contributed by atoms with E-state index in [0.717, 1.165) is 0 Å². The molecule has 60 valence electrons. The van der Waals surface area contributed by atoms with Crippen LogP contribution in [-0.2, 0) is 4.74 Å². The summed E-state index contributed by atoms with van der Waals surface area (Å²) in [6.45, 7) is 8.07. The van der Waals surface area contributed by atoms with E-state index in [1.165, 1.54) is 0 Å². The molecule has 0 amide bonds. The van der Waals surface area contributed by atoms with Gasteiger partial charge in [-0.3, -0.25) is 0 Å². The van der Waals surface area contributed by atoms with Gasteiger partial charge in [0.15, 0.2) is 0 Å². The molecule has 2 nitrogen and oxygen atoms in total. The Morgan fingerprint density at radius 2 is 1.90 bits per heavy atom. The molecule has 0 fully saturated rings. The number of nitrogens with two attached hydrogens (primary N) is 1. The topological polar surface area (TPSA) is 35.2 Å². The van der Waals surface area contributed by atoms with Crippen molar-refractivity contribution in [3.8, 4) is 0 Å². The van der Waals surface area contributed by atoms with Gasteiger partial charge in [0, 0.05) is 0 Å². The largest absolute Gasteiger partial charge is 0.465 e. The first-order valence-electron chi connectivity index (χ1n) is 3.34. The van der Waals surface area contributed by atoms with Gasteiger partial charge in [0.2, 0.25) is 0 Å². The molecule has 0 spiro atoms. The lowest BCUT2D eigenvalue weighted by Crippen LogP contribution is -2.35. The van der Waals surface area contributed by atoms with Gasteiger partial charge in [-0.25, -0.2) is 0 Å². The predicted molar refractivity (Wildman–Crippen MR) is 46.8 cm³/mol. The molecule has 10 heavy (non-hydrogen) atoms. The van der Waals surface area contributed by atoms with Crippen molar-refractivity contribution in [3.05, 3.63) is 0 Å². The van der Waals surface area contributed by atoms with E-state index in [1.807, 2.05) is 13.8 Å². The Morgan fingerprint density at radius 3 is 2.00 bits per heavy atom. The number of ether oxygens (including phenoxy) is 1. The lowest BCUT2D eigenvalue weighted by Gasteiger charge is -2.29. The average molecular weight is 161 g/mol. The van der Waals surface area contributed by atoms with Crippen LogP contribution in [-0.4, -0.2) is 10.8 Å². The second-order valence-corrected chi connectivity index (χ2v) is 3.58. The van der Waals surface area contributed by atoms with E-state index in [9.17, 15) is 0 Å². The minimum Gasteiger partial charge on any atom is -0.465 e. The molecule has 0 rings (SSSR count). The van der Waals surface area contributed by atoms with E-state index >= 15 is 0 Å². The minimum atomic E-state index is -0.244. The highest BCUT2D eigenvalue weighted by Gasteiger charge is 2.24. The summed E-state index contributed by atoms with van der Waals surface area (Å²) in [5, 5.41) is 0.124. The smallest absolute Gasteiger partial charge is 0.254 e. The summed E-state index contributed by atoms with van der Waals surface area (Å²) in [5.74, 6) is 0.411. The van der Waals surface area contributed by atoms with Crippen LogP contribution in [0.5, 0.6) is 0 Å². The molecule has 0 heterocycles. The van der Waals surface area contributed by atoms with Gasteiger partial charge in [-0.1, -0.05) is 13.8 Å². The Hall–Kier alpha value is -0.310. The van der Waals surface area contributed by atoms with Gasteiger partial charge >= 0.3 is 0 Å². The first-order chi connectivity index (χ1) is 4.36. The van der Waals surface area contributed by atoms with Crippen LogP contribution in [0.15, 0.2) is 0 Å². The van der Waals surface area contributed by atoms with Gasteiger partial charge in [-0.05, 0) is 32.0 Å². The molecule has 0 aromatic rings. The number of hydrogen-bond donors (Lipinski definition) is 1. The van der Waals surface area contributed by atoms with Crippen molar-refractivity contribution < 1.29 is 4.74 Å². The molecule has 0 aromatic heterocycles. The summed E-state index contributed by atoms with van der Waals surface area (Å²) in [6, 6.07) is 0. The van der Waals surface area contributed by atoms with Gasteiger partial charge in [0.1, 0.15) is 5.60 Å².